The maximum Gasteiger partial charge on any atom is 0.231 e. The molecule has 0 saturated heterocycles. The van der Waals surface area contributed by atoms with Crippen molar-refractivity contribution >= 4 is 32.8 Å². The molecule has 5 aromatic rings. The van der Waals surface area contributed by atoms with E-state index in [-0.39, 0.29) is 5.41 Å². The van der Waals surface area contributed by atoms with E-state index in [0.29, 0.717) is 5.71 Å². The van der Waals surface area contributed by atoms with Crippen LogP contribution >= 0.6 is 0 Å². The summed E-state index contributed by atoms with van der Waals surface area (Å²) in [6.07, 6.45) is 8.31. The fraction of sp³-hybridized carbons (Fsp3) is 0.296. The van der Waals surface area contributed by atoms with Gasteiger partial charge in [-0.2, -0.15) is 4.98 Å². The van der Waals surface area contributed by atoms with Gasteiger partial charge in [0.05, 0.1) is 11.1 Å². The largest absolute Gasteiger partial charge is 0.438 e. The third-order valence-electron chi connectivity index (χ3n) is 6.91. The smallest absolute Gasteiger partial charge is 0.231 e. The summed E-state index contributed by atoms with van der Waals surface area (Å²) in [5.41, 5.74) is 3.71. The molecule has 0 radical (unpaired) electrons. The zero-order chi connectivity index (χ0) is 21.0. The summed E-state index contributed by atoms with van der Waals surface area (Å²) < 4.78 is 6.30. The Kier molecular flexibility index (Phi) is 4.10. The predicted molar refractivity (Wildman–Crippen MR) is 125 cm³/mol. The predicted octanol–water partition coefficient (Wildman–Crippen LogP) is 6.96. The molecule has 0 aliphatic heterocycles. The summed E-state index contributed by atoms with van der Waals surface area (Å²) in [4.78, 5) is 14.3. The van der Waals surface area contributed by atoms with E-state index in [9.17, 15) is 0 Å². The highest BCUT2D eigenvalue weighted by Gasteiger charge is 2.40. The second-order valence-electron chi connectivity index (χ2n) is 9.38. The highest BCUT2D eigenvalue weighted by Crippen LogP contribution is 2.49. The molecule has 0 N–H and O–H groups in total. The van der Waals surface area contributed by atoms with Crippen LogP contribution in [-0.2, 0) is 6.42 Å². The third-order valence-corrected chi connectivity index (χ3v) is 6.91. The van der Waals surface area contributed by atoms with Crippen LogP contribution in [0.5, 0.6) is 0 Å². The molecule has 2 aromatic carbocycles. The third kappa shape index (κ3) is 3.09. The van der Waals surface area contributed by atoms with E-state index in [4.69, 9.17) is 14.4 Å². The molecule has 3 heterocycles. The Morgan fingerprint density at radius 1 is 1.03 bits per heavy atom. The Balaban J connectivity index is 1.57. The van der Waals surface area contributed by atoms with E-state index in [1.807, 2.05) is 12.3 Å². The second-order valence-corrected chi connectivity index (χ2v) is 9.38. The van der Waals surface area contributed by atoms with Gasteiger partial charge in [0.1, 0.15) is 11.4 Å². The number of pyridine rings is 1. The van der Waals surface area contributed by atoms with Gasteiger partial charge < -0.3 is 4.42 Å². The van der Waals surface area contributed by atoms with Gasteiger partial charge in [0.25, 0.3) is 0 Å². The van der Waals surface area contributed by atoms with Crippen molar-refractivity contribution in [3.05, 3.63) is 66.7 Å². The van der Waals surface area contributed by atoms with E-state index >= 15 is 0 Å². The Bertz CT molecular complexity index is 1410. The summed E-state index contributed by atoms with van der Waals surface area (Å²) in [7, 11) is 0. The van der Waals surface area contributed by atoms with Crippen molar-refractivity contribution in [2.75, 3.05) is 0 Å². The highest BCUT2D eigenvalue weighted by atomic mass is 16.3. The maximum atomic E-state index is 6.30. The van der Waals surface area contributed by atoms with Crippen LogP contribution in [0.15, 0.2) is 65.3 Å². The van der Waals surface area contributed by atoms with Crippen LogP contribution < -0.4 is 0 Å². The highest BCUT2D eigenvalue weighted by molar-refractivity contribution is 6.13. The van der Waals surface area contributed by atoms with Crippen molar-refractivity contribution in [1.82, 2.24) is 15.0 Å². The number of hydrogen-bond acceptors (Lipinski definition) is 4. The van der Waals surface area contributed by atoms with Crippen molar-refractivity contribution in [3.63, 3.8) is 0 Å². The molecule has 4 nitrogen and oxygen atoms in total. The number of hydrogen-bond donors (Lipinski definition) is 0. The van der Waals surface area contributed by atoms with Gasteiger partial charge in [-0.25, -0.2) is 4.98 Å². The average Bonchev–Trinajstić information content (AvgIpc) is 3.12. The molecule has 6 rings (SSSR count). The summed E-state index contributed by atoms with van der Waals surface area (Å²) in [6.45, 7) is 4.65. The first-order valence-electron chi connectivity index (χ1n) is 11.1. The molecule has 3 aromatic heterocycles. The Morgan fingerprint density at radius 3 is 2.58 bits per heavy atom. The molecule has 1 aliphatic carbocycles. The SMILES string of the molecule is CCC1CC(C)(Cc2nc(-c3cccnc3)c3c(n2)oc2cc4ccccc4cc23)C1. The minimum Gasteiger partial charge on any atom is -0.438 e. The van der Waals surface area contributed by atoms with Gasteiger partial charge in [-0.05, 0) is 59.2 Å². The van der Waals surface area contributed by atoms with E-state index in [0.717, 1.165) is 51.2 Å². The first-order valence-corrected chi connectivity index (χ1v) is 11.1. The summed E-state index contributed by atoms with van der Waals surface area (Å²) in [5.74, 6) is 1.71. The van der Waals surface area contributed by atoms with Crippen LogP contribution in [0.1, 0.15) is 38.9 Å². The van der Waals surface area contributed by atoms with E-state index in [1.54, 1.807) is 6.20 Å². The summed E-state index contributed by atoms with van der Waals surface area (Å²) in [5, 5.41) is 4.38. The number of benzene rings is 2. The molecule has 0 amide bonds. The van der Waals surface area contributed by atoms with Crippen LogP contribution in [0, 0.1) is 11.3 Å². The lowest BCUT2D eigenvalue weighted by atomic mass is 9.60. The van der Waals surface area contributed by atoms with Gasteiger partial charge in [0.2, 0.25) is 5.71 Å². The maximum absolute atomic E-state index is 6.30. The van der Waals surface area contributed by atoms with Crippen molar-refractivity contribution in [2.24, 2.45) is 11.3 Å². The van der Waals surface area contributed by atoms with Gasteiger partial charge >= 0.3 is 0 Å². The zero-order valence-electron chi connectivity index (χ0n) is 17.9. The molecule has 0 atom stereocenters. The lowest BCUT2D eigenvalue weighted by Crippen LogP contribution is -2.36. The molecule has 1 saturated carbocycles. The van der Waals surface area contributed by atoms with Crippen molar-refractivity contribution < 1.29 is 4.42 Å². The Hall–Kier alpha value is -3.27. The summed E-state index contributed by atoms with van der Waals surface area (Å²) in [6, 6.07) is 16.7. The molecule has 1 fully saturated rings. The van der Waals surface area contributed by atoms with Gasteiger partial charge in [-0.15, -0.1) is 0 Å². The van der Waals surface area contributed by atoms with Gasteiger partial charge in [-0.3, -0.25) is 4.98 Å². The Morgan fingerprint density at radius 2 is 1.84 bits per heavy atom. The minimum atomic E-state index is 0.279. The van der Waals surface area contributed by atoms with Crippen LogP contribution in [0.2, 0.25) is 0 Å². The Labute approximate surface area is 181 Å². The van der Waals surface area contributed by atoms with Crippen molar-refractivity contribution in [1.29, 1.82) is 0 Å². The number of nitrogens with zero attached hydrogens (tertiary/aromatic N) is 3. The number of furan rings is 1. The van der Waals surface area contributed by atoms with Gasteiger partial charge in [-0.1, -0.05) is 44.5 Å². The number of rotatable bonds is 4. The zero-order valence-corrected chi connectivity index (χ0v) is 17.9. The normalized spacial score (nSPS) is 21.0. The fourth-order valence-electron chi connectivity index (χ4n) is 5.34. The quantitative estimate of drug-likeness (QED) is 0.323. The lowest BCUT2D eigenvalue weighted by molar-refractivity contribution is 0.0708. The molecular formula is C27H25N3O. The van der Waals surface area contributed by atoms with Crippen LogP contribution in [0.3, 0.4) is 0 Å². The second kappa shape index (κ2) is 6.88. The van der Waals surface area contributed by atoms with E-state index in [2.05, 4.69) is 61.3 Å². The van der Waals surface area contributed by atoms with Gasteiger partial charge in [0, 0.05) is 29.8 Å². The first-order chi connectivity index (χ1) is 15.1. The van der Waals surface area contributed by atoms with Gasteiger partial charge in [0.15, 0.2) is 0 Å². The molecule has 31 heavy (non-hydrogen) atoms. The molecule has 0 bridgehead atoms. The van der Waals surface area contributed by atoms with Crippen LogP contribution in [-0.4, -0.2) is 15.0 Å². The van der Waals surface area contributed by atoms with E-state index < -0.39 is 0 Å². The van der Waals surface area contributed by atoms with Crippen LogP contribution in [0.25, 0.3) is 44.1 Å². The molecule has 154 valence electrons. The summed E-state index contributed by atoms with van der Waals surface area (Å²) >= 11 is 0. The lowest BCUT2D eigenvalue weighted by Gasteiger charge is -2.45. The number of aromatic nitrogens is 3. The number of fused-ring (bicyclic) bond motifs is 4. The topological polar surface area (TPSA) is 51.8 Å². The van der Waals surface area contributed by atoms with Crippen molar-refractivity contribution in [3.8, 4) is 11.3 Å². The average molecular weight is 408 g/mol. The fourth-order valence-corrected chi connectivity index (χ4v) is 5.34. The minimum absolute atomic E-state index is 0.279. The van der Waals surface area contributed by atoms with Crippen LogP contribution in [0.4, 0.5) is 0 Å². The van der Waals surface area contributed by atoms with E-state index in [1.165, 1.54) is 24.6 Å². The molecule has 0 spiro atoms. The monoisotopic (exact) mass is 407 g/mol. The molecule has 0 unspecified atom stereocenters. The molecule has 4 heteroatoms. The van der Waals surface area contributed by atoms with Crippen molar-refractivity contribution in [2.45, 2.75) is 39.5 Å². The molecule has 1 aliphatic rings. The molecular weight excluding hydrogens is 382 g/mol. The standard InChI is InChI=1S/C27H25N3O/c1-3-17-13-27(2,14-17)15-23-29-25(20-9-6-10-28-16-20)24-21-11-18-7-4-5-8-19(18)12-22(21)31-26(24)30-23/h4-12,16-17H,3,13-15H2,1-2H3. The first kappa shape index (κ1) is 18.5.